The van der Waals surface area contributed by atoms with E-state index in [4.69, 9.17) is 4.74 Å². The van der Waals surface area contributed by atoms with Crippen LogP contribution in [0.1, 0.15) is 25.2 Å². The number of methoxy groups -OCH3 is 1. The quantitative estimate of drug-likeness (QED) is 0.652. The van der Waals surface area contributed by atoms with Gasteiger partial charge in [0, 0.05) is 13.7 Å². The topological polar surface area (TPSA) is 97.0 Å². The second-order valence-corrected chi connectivity index (χ2v) is 5.25. The maximum absolute atomic E-state index is 11.6. The Morgan fingerprint density at radius 2 is 2.38 bits per heavy atom. The fraction of sp³-hybridized carbons (Fsp3) is 0.750. The van der Waals surface area contributed by atoms with Crippen molar-refractivity contribution in [3.8, 4) is 0 Å². The number of aromatic amines is 1. The van der Waals surface area contributed by atoms with Crippen LogP contribution in [-0.2, 0) is 14.8 Å². The minimum Gasteiger partial charge on any atom is -0.385 e. The van der Waals surface area contributed by atoms with E-state index in [2.05, 4.69) is 19.9 Å². The molecule has 0 spiro atoms. The largest absolute Gasteiger partial charge is 0.385 e. The van der Waals surface area contributed by atoms with Gasteiger partial charge in [0.15, 0.2) is 0 Å². The molecule has 1 heterocycles. The Morgan fingerprint density at radius 1 is 1.62 bits per heavy atom. The zero-order valence-electron chi connectivity index (χ0n) is 9.30. The molecule has 16 heavy (non-hydrogen) atoms. The molecule has 0 bridgehead atoms. The number of ether oxygens (including phenoxy) is 1. The van der Waals surface area contributed by atoms with E-state index in [0.29, 0.717) is 18.9 Å². The number of nitrogens with zero attached hydrogens (tertiary/aromatic N) is 2. The number of hydrogen-bond donors (Lipinski definition) is 2. The van der Waals surface area contributed by atoms with E-state index in [9.17, 15) is 8.42 Å². The Bertz CT molecular complexity index is 389. The third kappa shape index (κ3) is 4.25. The Hall–Kier alpha value is -0.990. The highest BCUT2D eigenvalue weighted by Gasteiger charge is 2.16. The van der Waals surface area contributed by atoms with Crippen molar-refractivity contribution >= 4 is 10.0 Å². The zero-order valence-corrected chi connectivity index (χ0v) is 10.1. The minimum absolute atomic E-state index is 0.0410. The van der Waals surface area contributed by atoms with Gasteiger partial charge in [-0.25, -0.2) is 18.1 Å². The van der Waals surface area contributed by atoms with Crippen molar-refractivity contribution in [3.63, 3.8) is 0 Å². The fourth-order valence-electron chi connectivity index (χ4n) is 1.20. The number of aromatic nitrogens is 3. The molecule has 0 saturated heterocycles. The third-order valence-electron chi connectivity index (χ3n) is 1.96. The lowest BCUT2D eigenvalue weighted by atomic mass is 10.3. The van der Waals surface area contributed by atoms with Crippen LogP contribution in [0.5, 0.6) is 0 Å². The van der Waals surface area contributed by atoms with Crippen molar-refractivity contribution in [1.82, 2.24) is 19.9 Å². The molecule has 0 radical (unpaired) electrons. The molecule has 7 nitrogen and oxygen atoms in total. The summed E-state index contributed by atoms with van der Waals surface area (Å²) >= 11 is 0. The van der Waals surface area contributed by atoms with E-state index in [-0.39, 0.29) is 5.75 Å². The normalized spacial score (nSPS) is 13.9. The summed E-state index contributed by atoms with van der Waals surface area (Å²) in [7, 11) is -1.76. The molecular weight excluding hydrogens is 232 g/mol. The van der Waals surface area contributed by atoms with Crippen molar-refractivity contribution in [2.75, 3.05) is 19.5 Å². The van der Waals surface area contributed by atoms with Gasteiger partial charge in [-0.15, -0.1) is 0 Å². The number of hydrogen-bond acceptors (Lipinski definition) is 5. The van der Waals surface area contributed by atoms with Gasteiger partial charge >= 0.3 is 0 Å². The van der Waals surface area contributed by atoms with Gasteiger partial charge in [0.25, 0.3) is 0 Å². The number of sulfonamides is 1. The van der Waals surface area contributed by atoms with Gasteiger partial charge < -0.3 is 4.74 Å². The average molecular weight is 248 g/mol. The van der Waals surface area contributed by atoms with Gasteiger partial charge in [0.1, 0.15) is 12.2 Å². The summed E-state index contributed by atoms with van der Waals surface area (Å²) < 4.78 is 30.5. The summed E-state index contributed by atoms with van der Waals surface area (Å²) in [5.74, 6) is 0.537. The SMILES string of the molecule is COCCCS(=O)(=O)NC(C)c1ncn[nH]1. The maximum Gasteiger partial charge on any atom is 0.212 e. The van der Waals surface area contributed by atoms with E-state index in [1.807, 2.05) is 0 Å². The van der Waals surface area contributed by atoms with Crippen LogP contribution < -0.4 is 4.72 Å². The molecule has 1 aromatic rings. The average Bonchev–Trinajstić information content (AvgIpc) is 2.69. The predicted molar refractivity (Wildman–Crippen MR) is 58.2 cm³/mol. The number of rotatable bonds is 7. The molecule has 92 valence electrons. The van der Waals surface area contributed by atoms with Gasteiger partial charge in [0.2, 0.25) is 10.0 Å². The Balaban J connectivity index is 2.46. The first-order valence-corrected chi connectivity index (χ1v) is 6.54. The molecule has 0 aliphatic heterocycles. The maximum atomic E-state index is 11.6. The monoisotopic (exact) mass is 248 g/mol. The standard InChI is InChI=1S/C8H16N4O3S/c1-7(8-9-6-10-11-8)12-16(13,14)5-3-4-15-2/h6-7,12H,3-5H2,1-2H3,(H,9,10,11). The molecule has 0 amide bonds. The lowest BCUT2D eigenvalue weighted by Gasteiger charge is -2.11. The summed E-state index contributed by atoms with van der Waals surface area (Å²) in [4.78, 5) is 3.88. The third-order valence-corrected chi connectivity index (χ3v) is 3.50. The molecule has 1 aromatic heterocycles. The highest BCUT2D eigenvalue weighted by atomic mass is 32.2. The second kappa shape index (κ2) is 5.92. The van der Waals surface area contributed by atoms with Crippen LogP contribution >= 0.6 is 0 Å². The molecule has 1 rings (SSSR count). The highest BCUT2D eigenvalue weighted by Crippen LogP contribution is 2.06. The van der Waals surface area contributed by atoms with Crippen LogP contribution in [0.4, 0.5) is 0 Å². The molecule has 8 heteroatoms. The Morgan fingerprint density at radius 3 is 2.94 bits per heavy atom. The molecule has 0 fully saturated rings. The first-order chi connectivity index (χ1) is 7.55. The molecule has 0 aromatic carbocycles. The van der Waals surface area contributed by atoms with Crippen LogP contribution in [0, 0.1) is 0 Å². The van der Waals surface area contributed by atoms with Gasteiger partial charge in [-0.1, -0.05) is 0 Å². The van der Waals surface area contributed by atoms with Crippen LogP contribution in [0.25, 0.3) is 0 Å². The van der Waals surface area contributed by atoms with E-state index >= 15 is 0 Å². The first-order valence-electron chi connectivity index (χ1n) is 4.89. The van der Waals surface area contributed by atoms with Gasteiger partial charge in [-0.3, -0.25) is 5.10 Å². The number of H-pyrrole nitrogens is 1. The molecule has 1 atom stereocenters. The fourth-order valence-corrected chi connectivity index (χ4v) is 2.47. The van der Waals surface area contributed by atoms with Crippen LogP contribution in [-0.4, -0.2) is 43.1 Å². The zero-order chi connectivity index (χ0) is 12.0. The van der Waals surface area contributed by atoms with Gasteiger partial charge in [-0.2, -0.15) is 5.10 Å². The van der Waals surface area contributed by atoms with Crippen molar-refractivity contribution in [2.24, 2.45) is 0 Å². The van der Waals surface area contributed by atoms with Gasteiger partial charge in [-0.05, 0) is 13.3 Å². The lowest BCUT2D eigenvalue weighted by Crippen LogP contribution is -2.30. The van der Waals surface area contributed by atoms with E-state index in [1.54, 1.807) is 6.92 Å². The summed E-state index contributed by atoms with van der Waals surface area (Å²) in [6.45, 7) is 2.13. The van der Waals surface area contributed by atoms with E-state index in [0.717, 1.165) is 0 Å². The predicted octanol–water partition coefficient (Wildman–Crippen LogP) is -0.178. The second-order valence-electron chi connectivity index (χ2n) is 3.38. The molecule has 2 N–H and O–H groups in total. The lowest BCUT2D eigenvalue weighted by molar-refractivity contribution is 0.199. The van der Waals surface area contributed by atoms with Crippen molar-refractivity contribution in [3.05, 3.63) is 12.2 Å². The summed E-state index contributed by atoms with van der Waals surface area (Å²) in [6, 6.07) is -0.407. The Kier molecular flexibility index (Phi) is 4.84. The molecule has 1 unspecified atom stereocenters. The van der Waals surface area contributed by atoms with Crippen molar-refractivity contribution < 1.29 is 13.2 Å². The van der Waals surface area contributed by atoms with Crippen LogP contribution in [0.3, 0.4) is 0 Å². The molecule has 0 aliphatic rings. The number of nitrogens with one attached hydrogen (secondary N) is 2. The molecule has 0 aliphatic carbocycles. The molecule has 0 saturated carbocycles. The van der Waals surface area contributed by atoms with Crippen LogP contribution in [0.15, 0.2) is 6.33 Å². The highest BCUT2D eigenvalue weighted by molar-refractivity contribution is 7.89. The van der Waals surface area contributed by atoms with E-state index < -0.39 is 16.1 Å². The van der Waals surface area contributed by atoms with Crippen molar-refractivity contribution in [1.29, 1.82) is 0 Å². The van der Waals surface area contributed by atoms with Crippen LogP contribution in [0.2, 0.25) is 0 Å². The van der Waals surface area contributed by atoms with Gasteiger partial charge in [0.05, 0.1) is 11.8 Å². The summed E-state index contributed by atoms with van der Waals surface area (Å²) in [5, 5.41) is 6.27. The first kappa shape index (κ1) is 13.1. The Labute approximate surface area is 94.7 Å². The smallest absolute Gasteiger partial charge is 0.212 e. The molecular formula is C8H16N4O3S. The van der Waals surface area contributed by atoms with E-state index in [1.165, 1.54) is 13.4 Å². The minimum atomic E-state index is -3.30. The summed E-state index contributed by atoms with van der Waals surface area (Å²) in [5.41, 5.74) is 0. The summed E-state index contributed by atoms with van der Waals surface area (Å²) in [6.07, 6.45) is 1.81. The van der Waals surface area contributed by atoms with Crippen molar-refractivity contribution in [2.45, 2.75) is 19.4 Å².